The highest BCUT2D eigenvalue weighted by Gasteiger charge is 2.37. The van der Waals surface area contributed by atoms with E-state index in [2.05, 4.69) is 17.1 Å². The van der Waals surface area contributed by atoms with Crippen LogP contribution in [0.1, 0.15) is 25.3 Å². The molecule has 0 unspecified atom stereocenters. The Hall–Kier alpha value is -1.46. The largest absolute Gasteiger partial charge is 0.493 e. The Morgan fingerprint density at radius 2 is 2.12 bits per heavy atom. The molecule has 2 atom stereocenters. The summed E-state index contributed by atoms with van der Waals surface area (Å²) >= 11 is 6.25. The van der Waals surface area contributed by atoms with Crippen LogP contribution >= 0.6 is 11.6 Å². The Balaban J connectivity index is 1.76. The molecule has 0 bridgehead atoms. The second-order valence-corrected chi connectivity index (χ2v) is 7.10. The third-order valence-corrected chi connectivity index (χ3v) is 5.04. The molecule has 2 fully saturated rings. The number of nitrogens with zero attached hydrogens (tertiary/aromatic N) is 1. The van der Waals surface area contributed by atoms with E-state index in [0.717, 1.165) is 43.9 Å². The minimum Gasteiger partial charge on any atom is -0.493 e. The second-order valence-electron chi connectivity index (χ2n) is 6.67. The third kappa shape index (κ3) is 3.78. The van der Waals surface area contributed by atoms with Gasteiger partial charge in [0.1, 0.15) is 0 Å². The van der Waals surface area contributed by atoms with Gasteiger partial charge in [-0.3, -0.25) is 9.69 Å². The number of halogens is 1. The van der Waals surface area contributed by atoms with Crippen molar-refractivity contribution in [3.8, 4) is 11.5 Å². The van der Waals surface area contributed by atoms with Crippen LogP contribution in [0.25, 0.3) is 0 Å². The number of piperidine rings is 1. The van der Waals surface area contributed by atoms with E-state index >= 15 is 0 Å². The number of amides is 1. The number of methoxy groups -OCH3 is 1. The minimum atomic E-state index is 0.175. The van der Waals surface area contributed by atoms with Crippen LogP contribution in [0.4, 0.5) is 0 Å². The molecule has 0 radical (unpaired) electrons. The van der Waals surface area contributed by atoms with Crippen LogP contribution in [0, 0.1) is 11.8 Å². The van der Waals surface area contributed by atoms with E-state index in [1.54, 1.807) is 13.2 Å². The fourth-order valence-electron chi connectivity index (χ4n) is 3.68. The first-order valence-corrected chi connectivity index (χ1v) is 8.96. The molecular weight excluding hydrogens is 328 g/mol. The van der Waals surface area contributed by atoms with Crippen molar-refractivity contribution in [2.24, 2.45) is 11.8 Å². The lowest BCUT2D eigenvalue weighted by atomic mass is 9.89. The summed E-state index contributed by atoms with van der Waals surface area (Å²) in [5, 5.41) is 3.63. The van der Waals surface area contributed by atoms with Gasteiger partial charge in [-0.25, -0.2) is 0 Å². The standard InChI is InChI=1S/C18H25ClN2O3/c1-3-4-24-18-13(5-15(19)7-16(18)23-2)10-21-9-12-6-17(22)20-8-14(12)11-21/h5,7,12,14H,3-4,6,8-11H2,1-2H3,(H,20,22)/t12-,14+/m1/s1. The Bertz CT molecular complexity index is 608. The Morgan fingerprint density at radius 3 is 2.88 bits per heavy atom. The number of ether oxygens (including phenoxy) is 2. The molecule has 1 N–H and O–H groups in total. The van der Waals surface area contributed by atoms with Gasteiger partial charge in [0.05, 0.1) is 13.7 Å². The van der Waals surface area contributed by atoms with E-state index in [9.17, 15) is 4.79 Å². The zero-order valence-electron chi connectivity index (χ0n) is 14.3. The van der Waals surface area contributed by atoms with Gasteiger partial charge in [0.15, 0.2) is 11.5 Å². The molecule has 3 rings (SSSR count). The lowest BCUT2D eigenvalue weighted by Gasteiger charge is -2.23. The lowest BCUT2D eigenvalue weighted by Crippen LogP contribution is -2.39. The molecule has 1 aromatic carbocycles. The van der Waals surface area contributed by atoms with Crippen molar-refractivity contribution in [2.75, 3.05) is 33.4 Å². The van der Waals surface area contributed by atoms with Crippen LogP contribution in [0.5, 0.6) is 11.5 Å². The maximum absolute atomic E-state index is 11.6. The van der Waals surface area contributed by atoms with E-state index in [4.69, 9.17) is 21.1 Å². The Kier molecular flexibility index (Phi) is 5.51. The molecule has 24 heavy (non-hydrogen) atoms. The fraction of sp³-hybridized carbons (Fsp3) is 0.611. The number of nitrogens with one attached hydrogen (secondary N) is 1. The van der Waals surface area contributed by atoms with Gasteiger partial charge in [-0.1, -0.05) is 18.5 Å². The molecule has 0 spiro atoms. The van der Waals surface area contributed by atoms with Crippen molar-refractivity contribution in [1.82, 2.24) is 10.2 Å². The number of carbonyl (C=O) groups excluding carboxylic acids is 1. The minimum absolute atomic E-state index is 0.175. The summed E-state index contributed by atoms with van der Waals surface area (Å²) in [5.41, 5.74) is 1.05. The van der Waals surface area contributed by atoms with Gasteiger partial charge >= 0.3 is 0 Å². The Morgan fingerprint density at radius 1 is 1.33 bits per heavy atom. The molecule has 1 amide bonds. The molecule has 6 heteroatoms. The smallest absolute Gasteiger partial charge is 0.220 e. The van der Waals surface area contributed by atoms with Crippen LogP contribution in [0.15, 0.2) is 12.1 Å². The van der Waals surface area contributed by atoms with E-state index < -0.39 is 0 Å². The predicted molar refractivity (Wildman–Crippen MR) is 93.7 cm³/mol. The van der Waals surface area contributed by atoms with Crippen molar-refractivity contribution in [2.45, 2.75) is 26.3 Å². The molecule has 0 saturated carbocycles. The van der Waals surface area contributed by atoms with Crippen molar-refractivity contribution >= 4 is 17.5 Å². The van der Waals surface area contributed by atoms with Crippen LogP contribution < -0.4 is 14.8 Å². The highest BCUT2D eigenvalue weighted by molar-refractivity contribution is 6.30. The molecule has 132 valence electrons. The summed E-state index contributed by atoms with van der Waals surface area (Å²) in [7, 11) is 1.63. The normalized spacial score (nSPS) is 23.7. The van der Waals surface area contributed by atoms with Crippen molar-refractivity contribution in [3.05, 3.63) is 22.7 Å². The van der Waals surface area contributed by atoms with Gasteiger partial charge < -0.3 is 14.8 Å². The van der Waals surface area contributed by atoms with Gasteiger partial charge in [0.2, 0.25) is 5.91 Å². The van der Waals surface area contributed by atoms with Gasteiger partial charge in [-0.15, -0.1) is 0 Å². The second kappa shape index (κ2) is 7.62. The third-order valence-electron chi connectivity index (χ3n) is 4.82. The van der Waals surface area contributed by atoms with Crippen LogP contribution in [-0.2, 0) is 11.3 Å². The maximum Gasteiger partial charge on any atom is 0.220 e. The van der Waals surface area contributed by atoms with Gasteiger partial charge in [-0.2, -0.15) is 0 Å². The van der Waals surface area contributed by atoms with E-state index in [1.165, 1.54) is 0 Å². The summed E-state index contributed by atoms with van der Waals surface area (Å²) in [5.74, 6) is 2.64. The summed E-state index contributed by atoms with van der Waals surface area (Å²) in [6.45, 7) is 6.22. The highest BCUT2D eigenvalue weighted by atomic mass is 35.5. The molecule has 2 aliphatic heterocycles. The average Bonchev–Trinajstić information content (AvgIpc) is 2.94. The average molecular weight is 353 g/mol. The number of benzene rings is 1. The Labute approximate surface area is 148 Å². The quantitative estimate of drug-likeness (QED) is 0.855. The number of carbonyl (C=O) groups is 1. The summed E-state index contributed by atoms with van der Waals surface area (Å²) in [6.07, 6.45) is 1.58. The summed E-state index contributed by atoms with van der Waals surface area (Å²) < 4.78 is 11.4. The first-order chi connectivity index (χ1) is 11.6. The highest BCUT2D eigenvalue weighted by Crippen LogP contribution is 2.37. The molecule has 5 nitrogen and oxygen atoms in total. The number of rotatable bonds is 6. The molecular formula is C18H25ClN2O3. The van der Waals surface area contributed by atoms with Crippen LogP contribution in [0.3, 0.4) is 0 Å². The SMILES string of the molecule is CCCOc1c(CN2C[C@H]3CC(=O)NC[C@H]3C2)cc(Cl)cc1OC. The van der Waals surface area contributed by atoms with E-state index in [0.29, 0.717) is 35.6 Å². The first kappa shape index (κ1) is 17.4. The molecule has 2 saturated heterocycles. The lowest BCUT2D eigenvalue weighted by molar-refractivity contribution is -0.124. The zero-order chi connectivity index (χ0) is 17.1. The van der Waals surface area contributed by atoms with Gasteiger partial charge in [-0.05, 0) is 24.3 Å². The number of fused-ring (bicyclic) bond motifs is 1. The van der Waals surface area contributed by atoms with E-state index in [-0.39, 0.29) is 5.91 Å². The van der Waals surface area contributed by atoms with Gasteiger partial charge in [0, 0.05) is 49.3 Å². The molecule has 1 aromatic rings. The zero-order valence-corrected chi connectivity index (χ0v) is 15.1. The molecule has 2 aliphatic rings. The van der Waals surface area contributed by atoms with Crippen LogP contribution in [-0.4, -0.2) is 44.2 Å². The fourth-order valence-corrected chi connectivity index (χ4v) is 3.91. The molecule has 2 heterocycles. The molecule has 0 aliphatic carbocycles. The summed E-state index contributed by atoms with van der Waals surface area (Å²) in [6, 6.07) is 3.75. The monoisotopic (exact) mass is 352 g/mol. The van der Waals surface area contributed by atoms with Crippen molar-refractivity contribution in [3.63, 3.8) is 0 Å². The number of hydrogen-bond acceptors (Lipinski definition) is 4. The van der Waals surface area contributed by atoms with Crippen LogP contribution in [0.2, 0.25) is 5.02 Å². The molecule has 0 aromatic heterocycles. The van der Waals surface area contributed by atoms with Crippen molar-refractivity contribution < 1.29 is 14.3 Å². The topological polar surface area (TPSA) is 50.8 Å². The first-order valence-electron chi connectivity index (χ1n) is 8.59. The number of likely N-dealkylation sites (tertiary alicyclic amines) is 1. The van der Waals surface area contributed by atoms with E-state index in [1.807, 2.05) is 6.07 Å². The van der Waals surface area contributed by atoms with Gasteiger partial charge in [0.25, 0.3) is 0 Å². The van der Waals surface area contributed by atoms with Crippen molar-refractivity contribution in [1.29, 1.82) is 0 Å². The summed E-state index contributed by atoms with van der Waals surface area (Å²) in [4.78, 5) is 14.0. The predicted octanol–water partition coefficient (Wildman–Crippen LogP) is 2.71. The number of hydrogen-bond donors (Lipinski definition) is 1. The maximum atomic E-state index is 11.6.